The number of hydrogen-bond donors (Lipinski definition) is 0. The third kappa shape index (κ3) is 3.31. The molecule has 1 unspecified atom stereocenters. The highest BCUT2D eigenvalue weighted by atomic mass is 16.5. The molecule has 0 spiro atoms. The van der Waals surface area contributed by atoms with Crippen molar-refractivity contribution < 1.29 is 19.1 Å². The van der Waals surface area contributed by atoms with Crippen LogP contribution >= 0.6 is 0 Å². The predicted octanol–water partition coefficient (Wildman–Crippen LogP) is 2.42. The van der Waals surface area contributed by atoms with Gasteiger partial charge in [-0.05, 0) is 18.6 Å². The summed E-state index contributed by atoms with van der Waals surface area (Å²) in [5, 5.41) is 0. The third-order valence-electron chi connectivity index (χ3n) is 2.52. The molecule has 0 aliphatic heterocycles. The number of carbonyl (C=O) groups is 2. The summed E-state index contributed by atoms with van der Waals surface area (Å²) >= 11 is 0. The fourth-order valence-corrected chi connectivity index (χ4v) is 1.21. The van der Waals surface area contributed by atoms with Crippen molar-refractivity contribution in [1.82, 2.24) is 0 Å². The summed E-state index contributed by atoms with van der Waals surface area (Å²) in [6, 6.07) is 6.52. The lowest BCUT2D eigenvalue weighted by Gasteiger charge is -2.11. The van der Waals surface area contributed by atoms with Gasteiger partial charge in [-0.25, -0.2) is 4.79 Å². The van der Waals surface area contributed by atoms with E-state index >= 15 is 0 Å². The summed E-state index contributed by atoms with van der Waals surface area (Å²) in [4.78, 5) is 23.1. The molecule has 0 saturated heterocycles. The fourth-order valence-electron chi connectivity index (χ4n) is 1.21. The number of benzene rings is 1. The minimum atomic E-state index is -0.516. The zero-order chi connectivity index (χ0) is 12.8. The number of rotatable bonds is 4. The maximum absolute atomic E-state index is 11.6. The molecule has 92 valence electrons. The lowest BCUT2D eigenvalue weighted by atomic mass is 10.1. The van der Waals surface area contributed by atoms with Crippen LogP contribution < -0.4 is 4.74 Å². The minimum Gasteiger partial charge on any atom is -0.465 e. The molecular weight excluding hydrogens is 220 g/mol. The van der Waals surface area contributed by atoms with Gasteiger partial charge in [0.05, 0.1) is 13.0 Å². The van der Waals surface area contributed by atoms with Crippen molar-refractivity contribution in [3.8, 4) is 5.75 Å². The van der Waals surface area contributed by atoms with Crippen LogP contribution in [0, 0.1) is 5.92 Å². The van der Waals surface area contributed by atoms with Gasteiger partial charge in [0.25, 0.3) is 0 Å². The zero-order valence-electron chi connectivity index (χ0n) is 10.2. The molecule has 0 aromatic heterocycles. The molecular formula is C13H16O4. The average Bonchev–Trinajstić information content (AvgIpc) is 2.37. The second kappa shape index (κ2) is 6.03. The van der Waals surface area contributed by atoms with Gasteiger partial charge in [-0.1, -0.05) is 26.0 Å². The Morgan fingerprint density at radius 3 is 2.53 bits per heavy atom. The van der Waals surface area contributed by atoms with E-state index in [-0.39, 0.29) is 23.2 Å². The highest BCUT2D eigenvalue weighted by Crippen LogP contribution is 2.20. The number of esters is 2. The molecule has 1 rings (SSSR count). The standard InChI is InChI=1S/C13H16O4/c1-4-9(2)12(14)17-11-8-6-5-7-10(11)13(15)16-3/h5-9H,4H2,1-3H3. The summed E-state index contributed by atoms with van der Waals surface area (Å²) in [7, 11) is 1.29. The fraction of sp³-hybridized carbons (Fsp3) is 0.385. The SMILES string of the molecule is CCC(C)C(=O)Oc1ccccc1C(=O)OC. The Morgan fingerprint density at radius 2 is 1.94 bits per heavy atom. The van der Waals surface area contributed by atoms with Crippen LogP contribution in [0.5, 0.6) is 5.75 Å². The van der Waals surface area contributed by atoms with Crippen molar-refractivity contribution in [2.75, 3.05) is 7.11 Å². The van der Waals surface area contributed by atoms with Crippen LogP contribution in [0.2, 0.25) is 0 Å². The second-order valence-electron chi connectivity index (χ2n) is 3.72. The Labute approximate surface area is 101 Å². The summed E-state index contributed by atoms with van der Waals surface area (Å²) in [6.07, 6.45) is 0.694. The van der Waals surface area contributed by atoms with Crippen LogP contribution in [0.25, 0.3) is 0 Å². The molecule has 0 amide bonds. The Morgan fingerprint density at radius 1 is 1.29 bits per heavy atom. The molecule has 0 saturated carbocycles. The highest BCUT2D eigenvalue weighted by molar-refractivity contribution is 5.93. The molecule has 0 radical (unpaired) electrons. The van der Waals surface area contributed by atoms with Gasteiger partial charge >= 0.3 is 11.9 Å². The van der Waals surface area contributed by atoms with Crippen LogP contribution in [-0.4, -0.2) is 19.0 Å². The van der Waals surface area contributed by atoms with Crippen molar-refractivity contribution in [1.29, 1.82) is 0 Å². The average molecular weight is 236 g/mol. The third-order valence-corrected chi connectivity index (χ3v) is 2.52. The van der Waals surface area contributed by atoms with Gasteiger partial charge in [-0.2, -0.15) is 0 Å². The van der Waals surface area contributed by atoms with Crippen molar-refractivity contribution in [3.63, 3.8) is 0 Å². The lowest BCUT2D eigenvalue weighted by molar-refractivity contribution is -0.138. The summed E-state index contributed by atoms with van der Waals surface area (Å²) in [5.41, 5.74) is 0.256. The second-order valence-corrected chi connectivity index (χ2v) is 3.72. The molecule has 1 aromatic carbocycles. The number of ether oxygens (including phenoxy) is 2. The van der Waals surface area contributed by atoms with Crippen molar-refractivity contribution in [2.45, 2.75) is 20.3 Å². The number of hydrogen-bond acceptors (Lipinski definition) is 4. The number of para-hydroxylation sites is 1. The molecule has 0 aliphatic rings. The molecule has 0 fully saturated rings. The minimum absolute atomic E-state index is 0.194. The van der Waals surface area contributed by atoms with Gasteiger partial charge in [-0.3, -0.25) is 4.79 Å². The van der Waals surface area contributed by atoms with Gasteiger partial charge in [0.15, 0.2) is 0 Å². The molecule has 0 aliphatic carbocycles. The van der Waals surface area contributed by atoms with E-state index in [4.69, 9.17) is 4.74 Å². The van der Waals surface area contributed by atoms with Crippen molar-refractivity contribution in [2.24, 2.45) is 5.92 Å². The highest BCUT2D eigenvalue weighted by Gasteiger charge is 2.18. The van der Waals surface area contributed by atoms with Crippen LogP contribution in [0.15, 0.2) is 24.3 Å². The predicted molar refractivity (Wildman–Crippen MR) is 62.9 cm³/mol. The molecule has 4 heteroatoms. The van der Waals surface area contributed by atoms with Crippen LogP contribution in [0.4, 0.5) is 0 Å². The van der Waals surface area contributed by atoms with E-state index in [1.54, 1.807) is 31.2 Å². The van der Waals surface area contributed by atoms with Crippen LogP contribution in [-0.2, 0) is 9.53 Å². The van der Waals surface area contributed by atoms with E-state index in [1.165, 1.54) is 7.11 Å². The molecule has 0 N–H and O–H groups in total. The van der Waals surface area contributed by atoms with E-state index < -0.39 is 5.97 Å². The zero-order valence-corrected chi connectivity index (χ0v) is 10.2. The Bertz CT molecular complexity index is 412. The Kier molecular flexibility index (Phi) is 4.69. The molecule has 1 aromatic rings. The van der Waals surface area contributed by atoms with Gasteiger partial charge in [0.1, 0.15) is 11.3 Å². The van der Waals surface area contributed by atoms with Gasteiger partial charge < -0.3 is 9.47 Å². The van der Waals surface area contributed by atoms with Gasteiger partial charge in [-0.15, -0.1) is 0 Å². The van der Waals surface area contributed by atoms with E-state index in [0.29, 0.717) is 6.42 Å². The van der Waals surface area contributed by atoms with E-state index in [9.17, 15) is 9.59 Å². The van der Waals surface area contributed by atoms with Crippen molar-refractivity contribution in [3.05, 3.63) is 29.8 Å². The first-order valence-corrected chi connectivity index (χ1v) is 5.49. The molecule has 1 atom stereocenters. The molecule has 4 nitrogen and oxygen atoms in total. The lowest BCUT2D eigenvalue weighted by Crippen LogP contribution is -2.18. The Balaban J connectivity index is 2.91. The van der Waals surface area contributed by atoms with Gasteiger partial charge in [0, 0.05) is 0 Å². The summed E-state index contributed by atoms with van der Waals surface area (Å²) < 4.78 is 9.80. The number of carbonyl (C=O) groups excluding carboxylic acids is 2. The Hall–Kier alpha value is -1.84. The maximum Gasteiger partial charge on any atom is 0.341 e. The van der Waals surface area contributed by atoms with Crippen molar-refractivity contribution >= 4 is 11.9 Å². The normalized spacial score (nSPS) is 11.7. The first-order chi connectivity index (χ1) is 8.10. The largest absolute Gasteiger partial charge is 0.465 e. The van der Waals surface area contributed by atoms with Gasteiger partial charge in [0.2, 0.25) is 0 Å². The van der Waals surface area contributed by atoms with E-state index in [2.05, 4.69) is 4.74 Å². The van der Waals surface area contributed by atoms with E-state index in [1.807, 2.05) is 6.92 Å². The molecule has 0 bridgehead atoms. The topological polar surface area (TPSA) is 52.6 Å². The molecule has 0 heterocycles. The van der Waals surface area contributed by atoms with Crippen LogP contribution in [0.3, 0.4) is 0 Å². The van der Waals surface area contributed by atoms with Crippen LogP contribution in [0.1, 0.15) is 30.6 Å². The summed E-state index contributed by atoms with van der Waals surface area (Å²) in [5.74, 6) is -0.813. The number of methoxy groups -OCH3 is 1. The first-order valence-electron chi connectivity index (χ1n) is 5.49. The first kappa shape index (κ1) is 13.2. The maximum atomic E-state index is 11.6. The monoisotopic (exact) mass is 236 g/mol. The quantitative estimate of drug-likeness (QED) is 0.595. The van der Waals surface area contributed by atoms with E-state index in [0.717, 1.165) is 0 Å². The molecule has 17 heavy (non-hydrogen) atoms. The summed E-state index contributed by atoms with van der Waals surface area (Å²) in [6.45, 7) is 3.68. The smallest absolute Gasteiger partial charge is 0.341 e.